The van der Waals surface area contributed by atoms with Gasteiger partial charge in [-0.25, -0.2) is 0 Å². The zero-order valence-electron chi connectivity index (χ0n) is 14.5. The van der Waals surface area contributed by atoms with Gasteiger partial charge in [0.05, 0.1) is 12.5 Å². The molecular weight excluding hydrogens is 318 g/mol. The number of rotatable bonds is 5. The van der Waals surface area contributed by atoms with E-state index in [1.54, 1.807) is 0 Å². The number of amides is 2. The van der Waals surface area contributed by atoms with E-state index in [0.717, 1.165) is 36.6 Å². The molecular formula is C19H25N3O3. The maximum atomic E-state index is 12.8. The number of hydrogen-bond donors (Lipinski definition) is 3. The van der Waals surface area contributed by atoms with Crippen LogP contribution in [0.3, 0.4) is 0 Å². The van der Waals surface area contributed by atoms with Gasteiger partial charge in [0.1, 0.15) is 5.69 Å². The van der Waals surface area contributed by atoms with Crippen molar-refractivity contribution in [1.82, 2.24) is 15.2 Å². The average Bonchev–Trinajstić information content (AvgIpc) is 2.97. The van der Waals surface area contributed by atoms with Gasteiger partial charge in [-0.15, -0.1) is 0 Å². The summed E-state index contributed by atoms with van der Waals surface area (Å²) in [5.74, 6) is -0.472. The fourth-order valence-corrected chi connectivity index (χ4v) is 3.68. The molecule has 6 nitrogen and oxygen atoms in total. The van der Waals surface area contributed by atoms with Gasteiger partial charge < -0.3 is 20.3 Å². The van der Waals surface area contributed by atoms with Crippen LogP contribution in [-0.2, 0) is 11.8 Å². The van der Waals surface area contributed by atoms with Crippen LogP contribution in [0.4, 0.5) is 0 Å². The van der Waals surface area contributed by atoms with Gasteiger partial charge in [0.2, 0.25) is 5.91 Å². The van der Waals surface area contributed by atoms with Gasteiger partial charge in [0.15, 0.2) is 0 Å². The van der Waals surface area contributed by atoms with E-state index in [0.29, 0.717) is 5.69 Å². The van der Waals surface area contributed by atoms with Crippen LogP contribution in [0, 0.1) is 5.92 Å². The molecule has 6 heteroatoms. The molecule has 2 atom stereocenters. The molecule has 134 valence electrons. The first-order chi connectivity index (χ1) is 12.1. The Labute approximate surface area is 147 Å². The summed E-state index contributed by atoms with van der Waals surface area (Å²) < 4.78 is 1.88. The smallest absolute Gasteiger partial charge is 0.268 e. The van der Waals surface area contributed by atoms with E-state index in [9.17, 15) is 9.59 Å². The third kappa shape index (κ3) is 3.69. The molecule has 1 aliphatic carbocycles. The summed E-state index contributed by atoms with van der Waals surface area (Å²) in [5, 5.41) is 15.7. The van der Waals surface area contributed by atoms with E-state index >= 15 is 0 Å². The summed E-state index contributed by atoms with van der Waals surface area (Å²) in [6, 6.07) is 9.58. The summed E-state index contributed by atoms with van der Waals surface area (Å²) in [5.41, 5.74) is 1.61. The lowest BCUT2D eigenvalue weighted by Crippen LogP contribution is -2.49. The Morgan fingerprint density at radius 1 is 1.24 bits per heavy atom. The van der Waals surface area contributed by atoms with Crippen molar-refractivity contribution >= 4 is 22.7 Å². The van der Waals surface area contributed by atoms with Crippen molar-refractivity contribution in [3.05, 3.63) is 36.0 Å². The second-order valence-corrected chi connectivity index (χ2v) is 6.63. The molecule has 1 aliphatic rings. The van der Waals surface area contributed by atoms with Gasteiger partial charge in [0, 0.05) is 30.5 Å². The number of aliphatic hydroxyl groups excluding tert-OH is 1. The van der Waals surface area contributed by atoms with E-state index in [1.807, 2.05) is 41.9 Å². The number of benzene rings is 1. The van der Waals surface area contributed by atoms with Gasteiger partial charge in [0.25, 0.3) is 5.91 Å². The van der Waals surface area contributed by atoms with Crippen molar-refractivity contribution < 1.29 is 14.7 Å². The highest BCUT2D eigenvalue weighted by atomic mass is 16.3. The second kappa shape index (κ2) is 7.70. The first-order valence-corrected chi connectivity index (χ1v) is 8.85. The number of carbonyl (C=O) groups excluding carboxylic acids is 2. The van der Waals surface area contributed by atoms with Crippen LogP contribution in [0.1, 0.15) is 36.2 Å². The van der Waals surface area contributed by atoms with Crippen LogP contribution in [0.5, 0.6) is 0 Å². The van der Waals surface area contributed by atoms with Gasteiger partial charge in [-0.3, -0.25) is 9.59 Å². The number of nitrogens with one attached hydrogen (secondary N) is 2. The predicted molar refractivity (Wildman–Crippen MR) is 96.2 cm³/mol. The molecule has 0 saturated heterocycles. The Morgan fingerprint density at radius 2 is 2.00 bits per heavy atom. The molecule has 3 rings (SSSR count). The Kier molecular flexibility index (Phi) is 5.38. The molecule has 1 aromatic heterocycles. The highest BCUT2D eigenvalue weighted by Crippen LogP contribution is 2.25. The molecule has 3 N–H and O–H groups in total. The molecule has 1 heterocycles. The molecule has 0 spiro atoms. The number of fused-ring (bicyclic) bond motifs is 1. The lowest BCUT2D eigenvalue weighted by Gasteiger charge is -2.31. The van der Waals surface area contributed by atoms with Crippen LogP contribution in [0.2, 0.25) is 0 Å². The van der Waals surface area contributed by atoms with Crippen molar-refractivity contribution in [3.8, 4) is 0 Å². The first kappa shape index (κ1) is 17.5. The van der Waals surface area contributed by atoms with Gasteiger partial charge in [-0.1, -0.05) is 31.0 Å². The SMILES string of the molecule is Cn1c(C(=O)NC2CCCC[C@H]2C(=O)NCCO)cc2ccccc21. The van der Waals surface area contributed by atoms with Crippen LogP contribution >= 0.6 is 0 Å². The van der Waals surface area contributed by atoms with E-state index in [4.69, 9.17) is 5.11 Å². The standard InChI is InChI=1S/C19H25N3O3/c1-22-16-9-5-2-6-13(16)12-17(22)19(25)21-15-8-4-3-7-14(15)18(24)20-10-11-23/h2,5-6,9,12,14-15,23H,3-4,7-8,10-11H2,1H3,(H,20,24)(H,21,25)/t14-,15?/m1/s1. The maximum absolute atomic E-state index is 12.8. The Bertz CT molecular complexity index is 768. The summed E-state index contributed by atoms with van der Waals surface area (Å²) in [6.45, 7) is 0.171. The summed E-state index contributed by atoms with van der Waals surface area (Å²) in [6.07, 6.45) is 3.55. The molecule has 1 saturated carbocycles. The molecule has 0 radical (unpaired) electrons. The van der Waals surface area contributed by atoms with Crippen LogP contribution in [0.15, 0.2) is 30.3 Å². The minimum Gasteiger partial charge on any atom is -0.395 e. The Balaban J connectivity index is 1.75. The summed E-state index contributed by atoms with van der Waals surface area (Å²) in [4.78, 5) is 25.1. The van der Waals surface area contributed by atoms with Crippen molar-refractivity contribution in [2.24, 2.45) is 13.0 Å². The molecule has 1 aromatic carbocycles. The monoisotopic (exact) mass is 343 g/mol. The minimum atomic E-state index is -0.237. The zero-order valence-corrected chi connectivity index (χ0v) is 14.5. The average molecular weight is 343 g/mol. The van der Waals surface area contributed by atoms with E-state index < -0.39 is 0 Å². The van der Waals surface area contributed by atoms with Gasteiger partial charge in [-0.2, -0.15) is 0 Å². The summed E-state index contributed by atoms with van der Waals surface area (Å²) in [7, 11) is 1.88. The zero-order chi connectivity index (χ0) is 17.8. The Morgan fingerprint density at radius 3 is 2.76 bits per heavy atom. The second-order valence-electron chi connectivity index (χ2n) is 6.63. The minimum absolute atomic E-state index is 0.0780. The number of nitrogens with zero attached hydrogens (tertiary/aromatic N) is 1. The van der Waals surface area contributed by atoms with Crippen molar-refractivity contribution in [2.45, 2.75) is 31.7 Å². The van der Waals surface area contributed by atoms with E-state index in [2.05, 4.69) is 10.6 Å². The molecule has 0 aliphatic heterocycles. The third-order valence-electron chi connectivity index (χ3n) is 5.01. The molecule has 2 aromatic rings. The molecule has 1 fully saturated rings. The lowest BCUT2D eigenvalue weighted by molar-refractivity contribution is -0.126. The van der Waals surface area contributed by atoms with Crippen molar-refractivity contribution in [3.63, 3.8) is 0 Å². The highest BCUT2D eigenvalue weighted by molar-refractivity contribution is 5.99. The lowest BCUT2D eigenvalue weighted by atomic mass is 9.83. The normalized spacial score (nSPS) is 20.4. The van der Waals surface area contributed by atoms with Crippen LogP contribution < -0.4 is 10.6 Å². The van der Waals surface area contributed by atoms with E-state index in [-0.39, 0.29) is 36.9 Å². The quantitative estimate of drug-likeness (QED) is 0.771. The number of para-hydroxylation sites is 1. The molecule has 25 heavy (non-hydrogen) atoms. The van der Waals surface area contributed by atoms with Crippen LogP contribution in [0.25, 0.3) is 10.9 Å². The van der Waals surface area contributed by atoms with Crippen molar-refractivity contribution in [2.75, 3.05) is 13.2 Å². The maximum Gasteiger partial charge on any atom is 0.268 e. The number of aromatic nitrogens is 1. The topological polar surface area (TPSA) is 83.4 Å². The first-order valence-electron chi connectivity index (χ1n) is 8.85. The van der Waals surface area contributed by atoms with Gasteiger partial charge >= 0.3 is 0 Å². The number of carbonyl (C=O) groups is 2. The highest BCUT2D eigenvalue weighted by Gasteiger charge is 2.32. The number of aryl methyl sites for hydroxylation is 1. The van der Waals surface area contributed by atoms with Crippen molar-refractivity contribution in [1.29, 1.82) is 0 Å². The molecule has 1 unspecified atom stereocenters. The third-order valence-corrected chi connectivity index (χ3v) is 5.01. The fraction of sp³-hybridized carbons (Fsp3) is 0.474. The molecule has 0 bridgehead atoms. The van der Waals surface area contributed by atoms with Crippen LogP contribution in [-0.4, -0.2) is 40.7 Å². The largest absolute Gasteiger partial charge is 0.395 e. The number of hydrogen-bond acceptors (Lipinski definition) is 3. The number of aliphatic hydroxyl groups is 1. The summed E-state index contributed by atoms with van der Waals surface area (Å²) >= 11 is 0. The van der Waals surface area contributed by atoms with Gasteiger partial charge in [-0.05, 0) is 25.0 Å². The predicted octanol–water partition coefficient (Wildman–Crippen LogP) is 1.58. The molecule has 2 amide bonds. The fourth-order valence-electron chi connectivity index (χ4n) is 3.68. The van der Waals surface area contributed by atoms with E-state index in [1.165, 1.54) is 0 Å². The Hall–Kier alpha value is -2.34.